The number of anilines is 2. The van der Waals surface area contributed by atoms with Crippen LogP contribution in [-0.2, 0) is 13.0 Å². The average molecular weight is 423 g/mol. The highest BCUT2D eigenvalue weighted by atomic mass is 79.9. The largest absolute Gasteiger partial charge is 0.381 e. The molecular formula is C23H23BrN2O. The quantitative estimate of drug-likeness (QED) is 0.497. The standard InChI is InChI=1S/C23H23BrN2O/c1-3-18-8-4-5-10-22(18)25-15-17-7-6-9-19(14-17)23(27)26-20-11-12-21(24)16(2)13-20/h4-14,25H,3,15H2,1-2H3,(H,26,27). The van der Waals surface area contributed by atoms with Crippen LogP contribution in [0.3, 0.4) is 0 Å². The van der Waals surface area contributed by atoms with E-state index < -0.39 is 0 Å². The number of hydrogen-bond acceptors (Lipinski definition) is 2. The SMILES string of the molecule is CCc1ccccc1NCc1cccc(C(=O)Nc2ccc(Br)c(C)c2)c1. The highest BCUT2D eigenvalue weighted by Gasteiger charge is 2.08. The lowest BCUT2D eigenvalue weighted by Crippen LogP contribution is -2.12. The first-order valence-electron chi connectivity index (χ1n) is 9.05. The average Bonchev–Trinajstić information content (AvgIpc) is 2.69. The van der Waals surface area contributed by atoms with Crippen molar-refractivity contribution in [3.05, 3.63) is 93.5 Å². The second-order valence-corrected chi connectivity index (χ2v) is 7.34. The second kappa shape index (κ2) is 8.87. The maximum absolute atomic E-state index is 12.6. The summed E-state index contributed by atoms with van der Waals surface area (Å²) < 4.78 is 1.03. The third kappa shape index (κ3) is 4.98. The topological polar surface area (TPSA) is 41.1 Å². The van der Waals surface area contributed by atoms with Gasteiger partial charge in [-0.3, -0.25) is 4.79 Å². The van der Waals surface area contributed by atoms with Crippen molar-refractivity contribution in [2.45, 2.75) is 26.8 Å². The summed E-state index contributed by atoms with van der Waals surface area (Å²) in [5.41, 5.74) is 6.03. The molecule has 0 unspecified atom stereocenters. The van der Waals surface area contributed by atoms with Gasteiger partial charge in [-0.15, -0.1) is 0 Å². The summed E-state index contributed by atoms with van der Waals surface area (Å²) in [4.78, 5) is 12.6. The van der Waals surface area contributed by atoms with Crippen LogP contribution >= 0.6 is 15.9 Å². The van der Waals surface area contributed by atoms with Crippen molar-refractivity contribution < 1.29 is 4.79 Å². The number of rotatable bonds is 6. The molecule has 0 aliphatic rings. The maximum Gasteiger partial charge on any atom is 0.255 e. The number of carbonyl (C=O) groups is 1. The van der Waals surface area contributed by atoms with Crippen LogP contribution in [0, 0.1) is 6.92 Å². The van der Waals surface area contributed by atoms with Gasteiger partial charge in [-0.25, -0.2) is 0 Å². The Morgan fingerprint density at radius 3 is 2.59 bits per heavy atom. The molecule has 3 aromatic rings. The van der Waals surface area contributed by atoms with Crippen molar-refractivity contribution in [3.8, 4) is 0 Å². The first kappa shape index (κ1) is 19.2. The van der Waals surface area contributed by atoms with Crippen molar-refractivity contribution in [1.29, 1.82) is 0 Å². The molecule has 3 aromatic carbocycles. The van der Waals surface area contributed by atoms with Gasteiger partial charge in [0.2, 0.25) is 0 Å². The molecule has 0 spiro atoms. The molecule has 1 amide bonds. The highest BCUT2D eigenvalue weighted by Crippen LogP contribution is 2.21. The van der Waals surface area contributed by atoms with Crippen LogP contribution in [0.4, 0.5) is 11.4 Å². The molecule has 0 atom stereocenters. The van der Waals surface area contributed by atoms with E-state index in [-0.39, 0.29) is 5.91 Å². The third-order valence-corrected chi connectivity index (χ3v) is 5.38. The Hall–Kier alpha value is -2.59. The first-order chi connectivity index (χ1) is 13.1. The van der Waals surface area contributed by atoms with E-state index in [2.05, 4.69) is 51.7 Å². The van der Waals surface area contributed by atoms with Gasteiger partial charge in [0.05, 0.1) is 0 Å². The van der Waals surface area contributed by atoms with E-state index in [4.69, 9.17) is 0 Å². The highest BCUT2D eigenvalue weighted by molar-refractivity contribution is 9.10. The number of benzene rings is 3. The molecule has 3 nitrogen and oxygen atoms in total. The third-order valence-electron chi connectivity index (χ3n) is 4.49. The minimum atomic E-state index is -0.104. The summed E-state index contributed by atoms with van der Waals surface area (Å²) in [6.07, 6.45) is 0.984. The molecule has 0 bridgehead atoms. The molecule has 0 saturated heterocycles. The summed E-state index contributed by atoms with van der Waals surface area (Å²) in [6, 6.07) is 21.8. The predicted molar refractivity (Wildman–Crippen MR) is 116 cm³/mol. The fourth-order valence-corrected chi connectivity index (χ4v) is 3.19. The van der Waals surface area contributed by atoms with Crippen LogP contribution in [0.2, 0.25) is 0 Å². The normalized spacial score (nSPS) is 10.5. The fourth-order valence-electron chi connectivity index (χ4n) is 2.95. The minimum absolute atomic E-state index is 0.104. The molecule has 0 fully saturated rings. The fraction of sp³-hybridized carbons (Fsp3) is 0.174. The van der Waals surface area contributed by atoms with Gasteiger partial charge in [0, 0.05) is 28.0 Å². The van der Waals surface area contributed by atoms with Crippen LogP contribution in [-0.4, -0.2) is 5.91 Å². The van der Waals surface area contributed by atoms with E-state index in [0.717, 1.165) is 33.4 Å². The van der Waals surface area contributed by atoms with Crippen molar-refractivity contribution in [3.63, 3.8) is 0 Å². The zero-order chi connectivity index (χ0) is 19.2. The lowest BCUT2D eigenvalue weighted by Gasteiger charge is -2.12. The van der Waals surface area contributed by atoms with Crippen LogP contribution in [0.15, 0.2) is 71.2 Å². The van der Waals surface area contributed by atoms with Gasteiger partial charge in [0.1, 0.15) is 0 Å². The Balaban J connectivity index is 1.69. The lowest BCUT2D eigenvalue weighted by molar-refractivity contribution is 0.102. The Morgan fingerprint density at radius 1 is 1.00 bits per heavy atom. The molecule has 0 heterocycles. The molecule has 0 radical (unpaired) electrons. The number of hydrogen-bond donors (Lipinski definition) is 2. The lowest BCUT2D eigenvalue weighted by atomic mass is 10.1. The van der Waals surface area contributed by atoms with E-state index in [1.54, 1.807) is 0 Å². The van der Waals surface area contributed by atoms with E-state index >= 15 is 0 Å². The monoisotopic (exact) mass is 422 g/mol. The van der Waals surface area contributed by atoms with E-state index in [9.17, 15) is 4.79 Å². The molecule has 27 heavy (non-hydrogen) atoms. The van der Waals surface area contributed by atoms with Gasteiger partial charge in [0.25, 0.3) is 5.91 Å². The van der Waals surface area contributed by atoms with Crippen molar-refractivity contribution in [1.82, 2.24) is 0 Å². The van der Waals surface area contributed by atoms with E-state index in [0.29, 0.717) is 12.1 Å². The molecule has 138 valence electrons. The number of amides is 1. The molecule has 0 aromatic heterocycles. The van der Waals surface area contributed by atoms with Crippen molar-refractivity contribution in [2.75, 3.05) is 10.6 Å². The number of carbonyl (C=O) groups excluding carboxylic acids is 1. The Morgan fingerprint density at radius 2 is 1.81 bits per heavy atom. The van der Waals surface area contributed by atoms with Crippen LogP contribution in [0.5, 0.6) is 0 Å². The number of halogens is 1. The Labute approximate surface area is 168 Å². The second-order valence-electron chi connectivity index (χ2n) is 6.48. The van der Waals surface area contributed by atoms with Crippen LogP contribution in [0.1, 0.15) is 34.0 Å². The zero-order valence-corrected chi connectivity index (χ0v) is 17.1. The maximum atomic E-state index is 12.6. The van der Waals surface area contributed by atoms with Gasteiger partial charge < -0.3 is 10.6 Å². The number of para-hydroxylation sites is 1. The first-order valence-corrected chi connectivity index (χ1v) is 9.84. The Bertz CT molecular complexity index is 953. The van der Waals surface area contributed by atoms with Crippen LogP contribution < -0.4 is 10.6 Å². The minimum Gasteiger partial charge on any atom is -0.381 e. The van der Waals surface area contributed by atoms with Gasteiger partial charge in [-0.05, 0) is 66.4 Å². The predicted octanol–water partition coefficient (Wildman–Crippen LogP) is 6.18. The zero-order valence-electron chi connectivity index (χ0n) is 15.6. The molecule has 0 saturated carbocycles. The Kier molecular flexibility index (Phi) is 6.30. The van der Waals surface area contributed by atoms with E-state index in [1.807, 2.05) is 55.5 Å². The summed E-state index contributed by atoms with van der Waals surface area (Å²) in [5.74, 6) is -0.104. The molecule has 4 heteroatoms. The van der Waals surface area contributed by atoms with Gasteiger partial charge in [-0.1, -0.05) is 53.2 Å². The smallest absolute Gasteiger partial charge is 0.255 e. The van der Waals surface area contributed by atoms with Gasteiger partial charge in [0.15, 0.2) is 0 Å². The molecule has 2 N–H and O–H groups in total. The molecule has 0 aliphatic heterocycles. The summed E-state index contributed by atoms with van der Waals surface area (Å²) in [7, 11) is 0. The van der Waals surface area contributed by atoms with E-state index in [1.165, 1.54) is 5.56 Å². The van der Waals surface area contributed by atoms with Gasteiger partial charge in [-0.2, -0.15) is 0 Å². The van der Waals surface area contributed by atoms with Crippen molar-refractivity contribution in [2.24, 2.45) is 0 Å². The summed E-state index contributed by atoms with van der Waals surface area (Å²) >= 11 is 3.48. The molecule has 3 rings (SSSR count). The number of nitrogens with one attached hydrogen (secondary N) is 2. The summed E-state index contributed by atoms with van der Waals surface area (Å²) in [6.45, 7) is 4.82. The summed E-state index contributed by atoms with van der Waals surface area (Å²) in [5, 5.41) is 6.44. The van der Waals surface area contributed by atoms with Gasteiger partial charge >= 0.3 is 0 Å². The molecule has 0 aliphatic carbocycles. The number of aryl methyl sites for hydroxylation is 2. The van der Waals surface area contributed by atoms with Crippen LogP contribution in [0.25, 0.3) is 0 Å². The molecular weight excluding hydrogens is 400 g/mol. The van der Waals surface area contributed by atoms with Crippen molar-refractivity contribution >= 4 is 33.2 Å².